The number of aromatic nitrogens is 2. The van der Waals surface area contributed by atoms with Gasteiger partial charge in [-0.2, -0.15) is 4.98 Å². The Balaban J connectivity index is 2.81. The first-order valence-corrected chi connectivity index (χ1v) is 3.01. The number of carboxylic acid groups (broad SMARTS) is 1. The fourth-order valence-electron chi connectivity index (χ4n) is 0.540. The predicted molar refractivity (Wildman–Crippen MR) is 35.4 cm³/mol. The second kappa shape index (κ2) is 3.18. The standard InChI is InChI=1S/C5H7N3O4/c1-11-5-7-3(8-12-5)2(6)4(9)10/h2H,6H2,1H3,(H,9,10). The molecule has 1 unspecified atom stereocenters. The lowest BCUT2D eigenvalue weighted by Gasteiger charge is -1.96. The third-order valence-electron chi connectivity index (χ3n) is 1.14. The van der Waals surface area contributed by atoms with Crippen LogP contribution in [0.2, 0.25) is 0 Å². The van der Waals surface area contributed by atoms with Crippen molar-refractivity contribution in [3.63, 3.8) is 0 Å². The molecule has 0 aliphatic rings. The van der Waals surface area contributed by atoms with Crippen LogP contribution in [-0.2, 0) is 4.79 Å². The van der Waals surface area contributed by atoms with Gasteiger partial charge in [0.25, 0.3) is 0 Å². The number of aliphatic carboxylic acids is 1. The molecule has 0 fully saturated rings. The number of carbonyl (C=O) groups is 1. The Kier molecular flexibility index (Phi) is 2.24. The Hall–Kier alpha value is -1.63. The fraction of sp³-hybridized carbons (Fsp3) is 0.400. The van der Waals surface area contributed by atoms with Crippen molar-refractivity contribution in [2.45, 2.75) is 6.04 Å². The van der Waals surface area contributed by atoms with Gasteiger partial charge in [-0.25, -0.2) is 0 Å². The summed E-state index contributed by atoms with van der Waals surface area (Å²) in [6.45, 7) is 0. The van der Waals surface area contributed by atoms with Crippen LogP contribution in [0.1, 0.15) is 11.9 Å². The van der Waals surface area contributed by atoms with Crippen LogP contribution in [0.15, 0.2) is 4.52 Å². The average molecular weight is 173 g/mol. The quantitative estimate of drug-likeness (QED) is 0.612. The highest BCUT2D eigenvalue weighted by molar-refractivity contribution is 5.73. The second-order valence-electron chi connectivity index (χ2n) is 1.94. The summed E-state index contributed by atoms with van der Waals surface area (Å²) in [6.07, 6.45) is -0.110. The zero-order chi connectivity index (χ0) is 9.14. The van der Waals surface area contributed by atoms with Crippen molar-refractivity contribution in [2.75, 3.05) is 7.11 Å². The maximum Gasteiger partial charge on any atom is 0.417 e. The van der Waals surface area contributed by atoms with Gasteiger partial charge in [0.05, 0.1) is 7.11 Å². The van der Waals surface area contributed by atoms with E-state index >= 15 is 0 Å². The van der Waals surface area contributed by atoms with Crippen molar-refractivity contribution in [1.29, 1.82) is 0 Å². The Labute approximate surface area is 67.1 Å². The lowest BCUT2D eigenvalue weighted by atomic mass is 10.3. The Morgan fingerprint density at radius 1 is 1.83 bits per heavy atom. The molecule has 1 rings (SSSR count). The molecule has 1 atom stereocenters. The molecule has 1 aromatic rings. The number of hydrogen-bond acceptors (Lipinski definition) is 6. The molecule has 0 spiro atoms. The number of nitrogens with zero attached hydrogens (tertiary/aromatic N) is 2. The zero-order valence-electron chi connectivity index (χ0n) is 6.22. The molecule has 0 amide bonds. The molecule has 0 aliphatic carbocycles. The molecule has 0 saturated carbocycles. The van der Waals surface area contributed by atoms with Crippen LogP contribution >= 0.6 is 0 Å². The van der Waals surface area contributed by atoms with E-state index in [2.05, 4.69) is 19.4 Å². The van der Waals surface area contributed by atoms with Crippen molar-refractivity contribution in [2.24, 2.45) is 5.73 Å². The predicted octanol–water partition coefficient (Wildman–Crippen LogP) is -0.837. The molecule has 1 heterocycles. The first-order valence-electron chi connectivity index (χ1n) is 3.01. The summed E-state index contributed by atoms with van der Waals surface area (Å²) in [6, 6.07) is -1.28. The maximum absolute atomic E-state index is 10.3. The summed E-state index contributed by atoms with van der Waals surface area (Å²) in [7, 11) is 1.32. The van der Waals surface area contributed by atoms with Gasteiger partial charge in [-0.05, 0) is 0 Å². The number of hydrogen-bond donors (Lipinski definition) is 2. The van der Waals surface area contributed by atoms with Crippen LogP contribution in [0.3, 0.4) is 0 Å². The Morgan fingerprint density at radius 2 is 2.50 bits per heavy atom. The van der Waals surface area contributed by atoms with Crippen LogP contribution in [-0.4, -0.2) is 28.3 Å². The van der Waals surface area contributed by atoms with Crippen LogP contribution in [0.25, 0.3) is 0 Å². The Bertz CT molecular complexity index is 284. The fourth-order valence-corrected chi connectivity index (χ4v) is 0.540. The lowest BCUT2D eigenvalue weighted by molar-refractivity contribution is -0.138. The van der Waals surface area contributed by atoms with Crippen LogP contribution < -0.4 is 10.5 Å². The molecule has 0 radical (unpaired) electrons. The molecule has 0 aliphatic heterocycles. The van der Waals surface area contributed by atoms with Crippen molar-refractivity contribution in [3.05, 3.63) is 5.82 Å². The maximum atomic E-state index is 10.3. The molecular weight excluding hydrogens is 166 g/mol. The second-order valence-corrected chi connectivity index (χ2v) is 1.94. The van der Waals surface area contributed by atoms with Crippen molar-refractivity contribution >= 4 is 5.97 Å². The minimum Gasteiger partial charge on any atom is -0.480 e. The van der Waals surface area contributed by atoms with E-state index < -0.39 is 12.0 Å². The highest BCUT2D eigenvalue weighted by atomic mass is 16.6. The molecular formula is C5H7N3O4. The minimum absolute atomic E-state index is 0.110. The SMILES string of the molecule is COc1nc(C(N)C(=O)O)no1. The van der Waals surface area contributed by atoms with Gasteiger partial charge in [0.2, 0.25) is 5.82 Å². The van der Waals surface area contributed by atoms with Gasteiger partial charge in [0, 0.05) is 0 Å². The smallest absolute Gasteiger partial charge is 0.417 e. The molecule has 0 bridgehead atoms. The lowest BCUT2D eigenvalue weighted by Crippen LogP contribution is -2.21. The summed E-state index contributed by atoms with van der Waals surface area (Å²) in [5.41, 5.74) is 5.17. The molecule has 0 aromatic carbocycles. The summed E-state index contributed by atoms with van der Waals surface area (Å²) in [5, 5.41) is 11.7. The zero-order valence-corrected chi connectivity index (χ0v) is 6.22. The highest BCUT2D eigenvalue weighted by Crippen LogP contribution is 2.10. The summed E-state index contributed by atoms with van der Waals surface area (Å²) in [5.74, 6) is -1.34. The number of carboxylic acids is 1. The van der Waals surface area contributed by atoms with Gasteiger partial charge in [0.15, 0.2) is 6.04 Å². The van der Waals surface area contributed by atoms with Crippen molar-refractivity contribution in [3.8, 4) is 6.08 Å². The van der Waals surface area contributed by atoms with Gasteiger partial charge in [-0.1, -0.05) is 5.16 Å². The van der Waals surface area contributed by atoms with Crippen molar-refractivity contribution < 1.29 is 19.2 Å². The van der Waals surface area contributed by atoms with E-state index in [0.717, 1.165) is 0 Å². The molecule has 1 aromatic heterocycles. The normalized spacial score (nSPS) is 12.5. The van der Waals surface area contributed by atoms with Gasteiger partial charge < -0.3 is 15.6 Å². The molecule has 7 heteroatoms. The molecule has 12 heavy (non-hydrogen) atoms. The number of rotatable bonds is 3. The van der Waals surface area contributed by atoms with E-state index in [1.807, 2.05) is 0 Å². The Morgan fingerprint density at radius 3 is 2.92 bits per heavy atom. The van der Waals surface area contributed by atoms with Crippen LogP contribution in [0, 0.1) is 0 Å². The average Bonchev–Trinajstić information content (AvgIpc) is 2.50. The first kappa shape index (κ1) is 8.47. The largest absolute Gasteiger partial charge is 0.480 e. The molecule has 7 nitrogen and oxygen atoms in total. The van der Waals surface area contributed by atoms with Gasteiger partial charge in [-0.3, -0.25) is 9.32 Å². The number of methoxy groups -OCH3 is 1. The van der Waals surface area contributed by atoms with Crippen molar-refractivity contribution in [1.82, 2.24) is 10.1 Å². The van der Waals surface area contributed by atoms with E-state index in [1.54, 1.807) is 0 Å². The van der Waals surface area contributed by atoms with Crippen LogP contribution in [0.5, 0.6) is 6.08 Å². The van der Waals surface area contributed by atoms with E-state index in [1.165, 1.54) is 7.11 Å². The van der Waals surface area contributed by atoms with E-state index in [9.17, 15) is 4.79 Å². The molecule has 66 valence electrons. The van der Waals surface area contributed by atoms with Gasteiger partial charge in [0.1, 0.15) is 0 Å². The van der Waals surface area contributed by atoms with Crippen LogP contribution in [0.4, 0.5) is 0 Å². The van der Waals surface area contributed by atoms with E-state index in [4.69, 9.17) is 10.8 Å². The van der Waals surface area contributed by atoms with Gasteiger partial charge >= 0.3 is 12.0 Å². The number of ether oxygens (including phenoxy) is 1. The monoisotopic (exact) mass is 173 g/mol. The molecule has 0 saturated heterocycles. The summed E-state index contributed by atoms with van der Waals surface area (Å²) < 4.78 is 8.99. The minimum atomic E-state index is -1.28. The number of nitrogens with two attached hydrogens (primary N) is 1. The van der Waals surface area contributed by atoms with E-state index in [-0.39, 0.29) is 11.9 Å². The summed E-state index contributed by atoms with van der Waals surface area (Å²) in [4.78, 5) is 13.9. The third kappa shape index (κ3) is 1.51. The summed E-state index contributed by atoms with van der Waals surface area (Å²) >= 11 is 0. The van der Waals surface area contributed by atoms with Gasteiger partial charge in [-0.15, -0.1) is 0 Å². The molecule has 3 N–H and O–H groups in total. The topological polar surface area (TPSA) is 111 Å². The van der Waals surface area contributed by atoms with E-state index in [0.29, 0.717) is 0 Å². The third-order valence-corrected chi connectivity index (χ3v) is 1.14. The highest BCUT2D eigenvalue weighted by Gasteiger charge is 2.20. The first-order chi connectivity index (χ1) is 5.65.